The number of carbonyl (C=O) groups excluding carboxylic acids is 1. The lowest BCUT2D eigenvalue weighted by Gasteiger charge is -2.33. The summed E-state index contributed by atoms with van der Waals surface area (Å²) in [5, 5.41) is 0. The van der Waals surface area contributed by atoms with Crippen molar-refractivity contribution in [3.63, 3.8) is 0 Å². The van der Waals surface area contributed by atoms with Crippen molar-refractivity contribution in [1.29, 1.82) is 0 Å². The minimum atomic E-state index is -4.30. The van der Waals surface area contributed by atoms with Gasteiger partial charge in [-0.05, 0) is 25.0 Å². The molecule has 0 radical (unpaired) electrons. The van der Waals surface area contributed by atoms with Gasteiger partial charge in [-0.1, -0.05) is 0 Å². The van der Waals surface area contributed by atoms with Crippen molar-refractivity contribution >= 4 is 11.6 Å². The fraction of sp³-hybridized carbons (Fsp3) is 0.462. The first-order valence-corrected chi connectivity index (χ1v) is 6.30. The number of anilines is 1. The monoisotopic (exact) mass is 308 g/mol. The van der Waals surface area contributed by atoms with Crippen LogP contribution in [0, 0.1) is 17.6 Å². The molecule has 1 aliphatic rings. The molecule has 0 unspecified atom stereocenters. The Kier molecular flexibility index (Phi) is 4.06. The van der Waals surface area contributed by atoms with E-state index in [-0.39, 0.29) is 25.9 Å². The van der Waals surface area contributed by atoms with Crippen molar-refractivity contribution in [3.05, 3.63) is 29.3 Å². The van der Waals surface area contributed by atoms with Crippen LogP contribution >= 0.6 is 0 Å². The van der Waals surface area contributed by atoms with Gasteiger partial charge in [-0.3, -0.25) is 4.79 Å². The van der Waals surface area contributed by atoms with Gasteiger partial charge in [0.05, 0.1) is 17.2 Å². The number of likely N-dealkylation sites (tertiary alicyclic amines) is 1. The molecule has 1 aliphatic heterocycles. The summed E-state index contributed by atoms with van der Waals surface area (Å²) >= 11 is 0. The van der Waals surface area contributed by atoms with E-state index in [1.807, 2.05) is 0 Å². The Hall–Kier alpha value is -1.86. The molecule has 0 aromatic heterocycles. The van der Waals surface area contributed by atoms with E-state index in [4.69, 9.17) is 5.73 Å². The van der Waals surface area contributed by atoms with Gasteiger partial charge in [0.2, 0.25) is 0 Å². The van der Waals surface area contributed by atoms with Gasteiger partial charge < -0.3 is 10.6 Å². The summed E-state index contributed by atoms with van der Waals surface area (Å²) in [5.74, 6) is -4.25. The highest BCUT2D eigenvalue weighted by Crippen LogP contribution is 2.34. The Balaban J connectivity index is 2.13. The van der Waals surface area contributed by atoms with Crippen molar-refractivity contribution in [3.8, 4) is 0 Å². The largest absolute Gasteiger partial charge is 0.396 e. The van der Waals surface area contributed by atoms with Crippen LogP contribution in [0.25, 0.3) is 0 Å². The Labute approximate surface area is 117 Å². The van der Waals surface area contributed by atoms with Crippen LogP contribution in [0.1, 0.15) is 23.2 Å². The second-order valence-electron chi connectivity index (χ2n) is 4.96. The summed E-state index contributed by atoms with van der Waals surface area (Å²) in [5.41, 5.74) is 4.17. The van der Waals surface area contributed by atoms with E-state index in [1.165, 1.54) is 0 Å². The normalized spacial score (nSPS) is 17.1. The maximum absolute atomic E-state index is 13.7. The maximum atomic E-state index is 13.7. The molecular weight excluding hydrogens is 295 g/mol. The number of piperidine rings is 1. The summed E-state index contributed by atoms with van der Waals surface area (Å²) in [6.45, 7) is -0.308. The Morgan fingerprint density at radius 3 is 2.29 bits per heavy atom. The quantitative estimate of drug-likeness (QED) is 0.640. The minimum Gasteiger partial charge on any atom is -0.396 e. The molecule has 1 amide bonds. The summed E-state index contributed by atoms with van der Waals surface area (Å²) in [4.78, 5) is 13.1. The van der Waals surface area contributed by atoms with Gasteiger partial charge in [0.25, 0.3) is 5.91 Å². The van der Waals surface area contributed by atoms with Gasteiger partial charge in [-0.2, -0.15) is 13.2 Å². The number of rotatable bonds is 1. The first-order chi connectivity index (χ1) is 9.70. The SMILES string of the molecule is Nc1cc(F)cc(C(=O)N2CCC(C(F)(F)F)CC2)c1F. The lowest BCUT2D eigenvalue weighted by atomic mass is 9.95. The van der Waals surface area contributed by atoms with Crippen LogP contribution in [0.3, 0.4) is 0 Å². The molecule has 0 spiro atoms. The van der Waals surface area contributed by atoms with E-state index in [0.717, 1.165) is 11.0 Å². The molecule has 1 fully saturated rings. The van der Waals surface area contributed by atoms with Gasteiger partial charge >= 0.3 is 6.18 Å². The minimum absolute atomic E-state index is 0.154. The summed E-state index contributed by atoms with van der Waals surface area (Å²) in [6, 6.07) is 1.44. The molecule has 0 bridgehead atoms. The van der Waals surface area contributed by atoms with Gasteiger partial charge in [-0.15, -0.1) is 0 Å². The zero-order valence-electron chi connectivity index (χ0n) is 10.9. The fourth-order valence-electron chi connectivity index (χ4n) is 2.35. The third kappa shape index (κ3) is 3.25. The number of benzene rings is 1. The van der Waals surface area contributed by atoms with E-state index in [1.54, 1.807) is 0 Å². The van der Waals surface area contributed by atoms with Crippen molar-refractivity contribution in [2.75, 3.05) is 18.8 Å². The topological polar surface area (TPSA) is 46.3 Å². The lowest BCUT2D eigenvalue weighted by molar-refractivity contribution is -0.183. The van der Waals surface area contributed by atoms with Crippen LogP contribution in [-0.2, 0) is 0 Å². The van der Waals surface area contributed by atoms with Crippen molar-refractivity contribution in [2.45, 2.75) is 19.0 Å². The zero-order chi connectivity index (χ0) is 15.8. The van der Waals surface area contributed by atoms with Gasteiger partial charge in [0.15, 0.2) is 5.82 Å². The molecule has 8 heteroatoms. The molecule has 1 saturated heterocycles. The van der Waals surface area contributed by atoms with Crippen molar-refractivity contribution in [2.24, 2.45) is 5.92 Å². The fourth-order valence-corrected chi connectivity index (χ4v) is 2.35. The molecule has 116 valence electrons. The molecule has 0 saturated carbocycles. The third-order valence-corrected chi connectivity index (χ3v) is 3.54. The summed E-state index contributed by atoms with van der Waals surface area (Å²) in [7, 11) is 0. The average Bonchev–Trinajstić information content (AvgIpc) is 2.41. The van der Waals surface area contributed by atoms with Crippen LogP contribution in [0.4, 0.5) is 27.6 Å². The number of carbonyl (C=O) groups is 1. The standard InChI is InChI=1S/C13H13F5N2O/c14-8-5-9(11(15)10(19)6-8)12(21)20-3-1-7(2-4-20)13(16,17)18/h5-7H,1-4,19H2. The number of nitrogen functional groups attached to an aromatic ring is 1. The third-order valence-electron chi connectivity index (χ3n) is 3.54. The lowest BCUT2D eigenvalue weighted by Crippen LogP contribution is -2.42. The summed E-state index contributed by atoms with van der Waals surface area (Å²) < 4.78 is 64.5. The Bertz CT molecular complexity index is 550. The maximum Gasteiger partial charge on any atom is 0.391 e. The molecular formula is C13H13F5N2O. The van der Waals surface area contributed by atoms with Crippen molar-refractivity contribution in [1.82, 2.24) is 4.90 Å². The van der Waals surface area contributed by atoms with Crippen molar-refractivity contribution < 1.29 is 26.7 Å². The molecule has 3 nitrogen and oxygen atoms in total. The van der Waals surface area contributed by atoms with E-state index < -0.39 is 40.9 Å². The predicted octanol–water partition coefficient (Wildman–Crippen LogP) is 2.96. The number of amides is 1. The van der Waals surface area contributed by atoms with Crippen LogP contribution in [0.5, 0.6) is 0 Å². The highest BCUT2D eigenvalue weighted by Gasteiger charge is 2.42. The second kappa shape index (κ2) is 5.50. The van der Waals surface area contributed by atoms with Crippen LogP contribution in [0.2, 0.25) is 0 Å². The molecule has 1 heterocycles. The van der Waals surface area contributed by atoms with E-state index in [0.29, 0.717) is 6.07 Å². The molecule has 1 aromatic carbocycles. The van der Waals surface area contributed by atoms with Crippen LogP contribution in [0.15, 0.2) is 12.1 Å². The van der Waals surface area contributed by atoms with E-state index in [2.05, 4.69) is 0 Å². The smallest absolute Gasteiger partial charge is 0.391 e. The summed E-state index contributed by atoms with van der Waals surface area (Å²) in [6.07, 6.45) is -4.80. The second-order valence-corrected chi connectivity index (χ2v) is 4.96. The predicted molar refractivity (Wildman–Crippen MR) is 65.5 cm³/mol. The van der Waals surface area contributed by atoms with Gasteiger partial charge in [0, 0.05) is 13.1 Å². The van der Waals surface area contributed by atoms with Gasteiger partial charge in [-0.25, -0.2) is 8.78 Å². The number of nitrogens with zero attached hydrogens (tertiary/aromatic N) is 1. The molecule has 0 aliphatic carbocycles. The van der Waals surface area contributed by atoms with Gasteiger partial charge in [0.1, 0.15) is 5.82 Å². The zero-order valence-corrected chi connectivity index (χ0v) is 10.9. The Morgan fingerprint density at radius 2 is 1.76 bits per heavy atom. The Morgan fingerprint density at radius 1 is 1.19 bits per heavy atom. The van der Waals surface area contributed by atoms with E-state index in [9.17, 15) is 26.7 Å². The van der Waals surface area contributed by atoms with Crippen LogP contribution < -0.4 is 5.73 Å². The molecule has 21 heavy (non-hydrogen) atoms. The molecule has 0 atom stereocenters. The first kappa shape index (κ1) is 15.5. The number of hydrogen-bond acceptors (Lipinski definition) is 2. The number of hydrogen-bond donors (Lipinski definition) is 1. The molecule has 2 rings (SSSR count). The first-order valence-electron chi connectivity index (χ1n) is 6.30. The average molecular weight is 308 g/mol. The number of alkyl halides is 3. The highest BCUT2D eigenvalue weighted by atomic mass is 19.4. The number of halogens is 5. The number of nitrogens with two attached hydrogens (primary N) is 1. The van der Waals surface area contributed by atoms with E-state index >= 15 is 0 Å². The molecule has 1 aromatic rings. The molecule has 2 N–H and O–H groups in total. The highest BCUT2D eigenvalue weighted by molar-refractivity contribution is 5.95. The van der Waals surface area contributed by atoms with Crippen LogP contribution in [-0.4, -0.2) is 30.1 Å².